The fourth-order valence-corrected chi connectivity index (χ4v) is 4.59. The van der Waals surface area contributed by atoms with Gasteiger partial charge in [-0.3, -0.25) is 19.3 Å². The molecule has 3 aromatic rings. The Kier molecular flexibility index (Phi) is 6.27. The maximum absolute atomic E-state index is 12.9. The molecule has 10 heteroatoms. The zero-order valence-electron chi connectivity index (χ0n) is 17.6. The van der Waals surface area contributed by atoms with Crippen LogP contribution >= 0.6 is 0 Å². The van der Waals surface area contributed by atoms with Crippen LogP contribution in [0.4, 0.5) is 5.69 Å². The minimum atomic E-state index is -3.79. The van der Waals surface area contributed by atoms with Gasteiger partial charge < -0.3 is 14.9 Å². The topological polar surface area (TPSA) is 120 Å². The van der Waals surface area contributed by atoms with Crippen LogP contribution in [0.15, 0.2) is 78.0 Å². The molecule has 4 rings (SSSR count). The van der Waals surface area contributed by atoms with Crippen LogP contribution < -0.4 is 4.72 Å². The van der Waals surface area contributed by atoms with Gasteiger partial charge in [-0.05, 0) is 48.5 Å². The fraction of sp³-hybridized carbons (Fsp3) is 0.174. The third-order valence-corrected chi connectivity index (χ3v) is 6.73. The van der Waals surface area contributed by atoms with Gasteiger partial charge in [0.2, 0.25) is 0 Å². The third kappa shape index (κ3) is 4.96. The Morgan fingerprint density at radius 2 is 1.39 bits per heavy atom. The lowest BCUT2D eigenvalue weighted by Gasteiger charge is -2.35. The number of piperazine rings is 1. The van der Waals surface area contributed by atoms with Crippen molar-refractivity contribution in [2.24, 2.45) is 0 Å². The number of carbonyl (C=O) groups excluding carboxylic acids is 2. The second-order valence-corrected chi connectivity index (χ2v) is 9.15. The highest BCUT2D eigenvalue weighted by Crippen LogP contribution is 2.20. The van der Waals surface area contributed by atoms with Gasteiger partial charge in [0, 0.05) is 44.1 Å². The van der Waals surface area contributed by atoms with Crippen molar-refractivity contribution >= 4 is 27.5 Å². The van der Waals surface area contributed by atoms with Crippen LogP contribution in [-0.4, -0.2) is 66.3 Å². The van der Waals surface area contributed by atoms with Crippen molar-refractivity contribution in [1.29, 1.82) is 0 Å². The molecule has 0 radical (unpaired) electrons. The zero-order chi connectivity index (χ0) is 23.4. The molecule has 0 atom stereocenters. The SMILES string of the molecule is O=C(c1ccc(S(=O)(=O)Nc2ccncc2)cc1)N1CCN(C(=O)c2ccccc2O)CC1. The Morgan fingerprint density at radius 3 is 2.00 bits per heavy atom. The predicted molar refractivity (Wildman–Crippen MR) is 121 cm³/mol. The number of aromatic nitrogens is 1. The summed E-state index contributed by atoms with van der Waals surface area (Å²) in [6.45, 7) is 1.34. The first-order valence-electron chi connectivity index (χ1n) is 10.2. The zero-order valence-corrected chi connectivity index (χ0v) is 18.4. The smallest absolute Gasteiger partial charge is 0.261 e. The number of phenolic OH excluding ortho intramolecular Hbond substituents is 1. The summed E-state index contributed by atoms with van der Waals surface area (Å²) in [5.41, 5.74) is 0.981. The van der Waals surface area contributed by atoms with Crippen molar-refractivity contribution in [3.63, 3.8) is 0 Å². The van der Waals surface area contributed by atoms with Crippen molar-refractivity contribution in [1.82, 2.24) is 14.8 Å². The quantitative estimate of drug-likeness (QED) is 0.595. The number of benzene rings is 2. The number of phenols is 1. The highest BCUT2D eigenvalue weighted by molar-refractivity contribution is 7.92. The summed E-state index contributed by atoms with van der Waals surface area (Å²) in [6.07, 6.45) is 2.96. The molecule has 0 bridgehead atoms. The molecule has 1 aromatic heterocycles. The standard InChI is InChI=1S/C23H22N4O5S/c28-21-4-2-1-3-20(21)23(30)27-15-13-26(14-16-27)22(29)17-5-7-19(8-6-17)33(31,32)25-18-9-11-24-12-10-18/h1-12,28H,13-16H2,(H,24,25). The molecule has 2 amide bonds. The molecule has 170 valence electrons. The normalized spacial score (nSPS) is 14.1. The van der Waals surface area contributed by atoms with Crippen LogP contribution in [0.25, 0.3) is 0 Å². The highest BCUT2D eigenvalue weighted by Gasteiger charge is 2.27. The Balaban J connectivity index is 1.38. The molecular weight excluding hydrogens is 444 g/mol. The predicted octanol–water partition coefficient (Wildman–Crippen LogP) is 2.19. The molecule has 0 unspecified atom stereocenters. The van der Waals surface area contributed by atoms with E-state index in [1.807, 2.05) is 0 Å². The van der Waals surface area contributed by atoms with Gasteiger partial charge in [0.15, 0.2) is 0 Å². The van der Waals surface area contributed by atoms with Crippen LogP contribution in [0.5, 0.6) is 5.75 Å². The number of hydrogen-bond donors (Lipinski definition) is 2. The molecule has 1 aliphatic heterocycles. The second-order valence-electron chi connectivity index (χ2n) is 7.47. The minimum absolute atomic E-state index is 0.0361. The molecule has 1 aliphatic rings. The number of anilines is 1. The van der Waals surface area contributed by atoms with Crippen molar-refractivity contribution < 1.29 is 23.1 Å². The second kappa shape index (κ2) is 9.29. The van der Waals surface area contributed by atoms with Crippen molar-refractivity contribution in [2.45, 2.75) is 4.90 Å². The van der Waals surface area contributed by atoms with Gasteiger partial charge >= 0.3 is 0 Å². The van der Waals surface area contributed by atoms with Crippen LogP contribution in [0.3, 0.4) is 0 Å². The minimum Gasteiger partial charge on any atom is -0.507 e. The number of pyridine rings is 1. The Morgan fingerprint density at radius 1 is 0.818 bits per heavy atom. The fourth-order valence-electron chi connectivity index (χ4n) is 3.53. The number of carbonyl (C=O) groups is 2. The van der Waals surface area contributed by atoms with Crippen LogP contribution in [0.1, 0.15) is 20.7 Å². The molecule has 0 aliphatic carbocycles. The summed E-state index contributed by atoms with van der Waals surface area (Å²) in [5, 5.41) is 9.90. The largest absolute Gasteiger partial charge is 0.507 e. The average Bonchev–Trinajstić information content (AvgIpc) is 2.84. The van der Waals surface area contributed by atoms with Gasteiger partial charge in [0.1, 0.15) is 5.75 Å². The Bertz CT molecular complexity index is 1260. The van der Waals surface area contributed by atoms with E-state index in [0.717, 1.165) is 0 Å². The van der Waals surface area contributed by atoms with Gasteiger partial charge in [0.25, 0.3) is 21.8 Å². The van der Waals surface area contributed by atoms with Crippen LogP contribution in [0, 0.1) is 0 Å². The van der Waals surface area contributed by atoms with E-state index in [4.69, 9.17) is 0 Å². The van der Waals surface area contributed by atoms with E-state index in [-0.39, 0.29) is 28.0 Å². The van der Waals surface area contributed by atoms with Gasteiger partial charge in [-0.1, -0.05) is 12.1 Å². The first kappa shape index (κ1) is 22.3. The van der Waals surface area contributed by atoms with E-state index < -0.39 is 10.0 Å². The van der Waals surface area contributed by atoms with Crippen LogP contribution in [-0.2, 0) is 10.0 Å². The molecular formula is C23H22N4O5S. The summed E-state index contributed by atoms with van der Waals surface area (Å²) in [5.74, 6) is -0.596. The van der Waals surface area contributed by atoms with Gasteiger partial charge in [-0.25, -0.2) is 8.42 Å². The molecule has 0 saturated carbocycles. The number of nitrogens with zero attached hydrogens (tertiary/aromatic N) is 3. The molecule has 2 aromatic carbocycles. The molecule has 2 heterocycles. The summed E-state index contributed by atoms with van der Waals surface area (Å²) in [6, 6.07) is 15.2. The van der Waals surface area contributed by atoms with Crippen molar-refractivity contribution in [3.8, 4) is 5.75 Å². The number of para-hydroxylation sites is 1. The molecule has 2 N–H and O–H groups in total. The van der Waals surface area contributed by atoms with E-state index in [2.05, 4.69) is 9.71 Å². The molecule has 0 spiro atoms. The molecule has 33 heavy (non-hydrogen) atoms. The van der Waals surface area contributed by atoms with E-state index in [0.29, 0.717) is 37.4 Å². The number of sulfonamides is 1. The number of hydrogen-bond acceptors (Lipinski definition) is 6. The average molecular weight is 467 g/mol. The van der Waals surface area contributed by atoms with E-state index >= 15 is 0 Å². The monoisotopic (exact) mass is 466 g/mol. The van der Waals surface area contributed by atoms with Crippen molar-refractivity contribution in [3.05, 3.63) is 84.2 Å². The summed E-state index contributed by atoms with van der Waals surface area (Å²) in [7, 11) is -3.79. The third-order valence-electron chi connectivity index (χ3n) is 5.33. The highest BCUT2D eigenvalue weighted by atomic mass is 32.2. The number of rotatable bonds is 5. The molecule has 1 saturated heterocycles. The van der Waals surface area contributed by atoms with E-state index in [9.17, 15) is 23.1 Å². The lowest BCUT2D eigenvalue weighted by atomic mass is 10.1. The van der Waals surface area contributed by atoms with Gasteiger partial charge in [-0.2, -0.15) is 0 Å². The lowest BCUT2D eigenvalue weighted by Crippen LogP contribution is -2.50. The van der Waals surface area contributed by atoms with Crippen LogP contribution in [0.2, 0.25) is 0 Å². The summed E-state index contributed by atoms with van der Waals surface area (Å²) in [4.78, 5) is 32.6. The number of amides is 2. The lowest BCUT2D eigenvalue weighted by molar-refractivity contribution is 0.0533. The maximum Gasteiger partial charge on any atom is 0.261 e. The number of aromatic hydroxyl groups is 1. The summed E-state index contributed by atoms with van der Waals surface area (Å²) < 4.78 is 27.5. The first-order chi connectivity index (χ1) is 15.8. The Hall–Kier alpha value is -3.92. The Labute approximate surface area is 191 Å². The summed E-state index contributed by atoms with van der Waals surface area (Å²) >= 11 is 0. The molecule has 1 fully saturated rings. The van der Waals surface area contributed by atoms with Crippen molar-refractivity contribution in [2.75, 3.05) is 30.9 Å². The maximum atomic E-state index is 12.9. The number of nitrogens with one attached hydrogen (secondary N) is 1. The van der Waals surface area contributed by atoms with E-state index in [1.165, 1.54) is 42.7 Å². The van der Waals surface area contributed by atoms with E-state index in [1.54, 1.807) is 40.1 Å². The molecule has 9 nitrogen and oxygen atoms in total. The first-order valence-corrected chi connectivity index (χ1v) is 11.7. The van der Waals surface area contributed by atoms with Gasteiger partial charge in [-0.15, -0.1) is 0 Å². The van der Waals surface area contributed by atoms with Gasteiger partial charge in [0.05, 0.1) is 16.1 Å².